The van der Waals surface area contributed by atoms with Crippen molar-refractivity contribution in [3.05, 3.63) is 95.1 Å². The van der Waals surface area contributed by atoms with Gasteiger partial charge in [0.05, 0.1) is 13.2 Å². The van der Waals surface area contributed by atoms with Crippen LogP contribution in [0.25, 0.3) is 0 Å². The molecule has 2 amide bonds. The molecule has 0 aliphatic heterocycles. The predicted octanol–water partition coefficient (Wildman–Crippen LogP) is -2.59. The molecule has 0 bridgehead atoms. The minimum Gasteiger partial charge on any atom is -0.394 e. The summed E-state index contributed by atoms with van der Waals surface area (Å²) >= 11 is 0. The standard InChI is InChI=1S/C36H44N6O12/c1-37-33(41-25(15-43)29(49)31(51)27(47)17-45)19-7-11-23(12-8-19)39-35(53)21-3-5-22(6-4-21)36(54)40-24-13-9-20(10-14-24)34(38-2)42-26(16-44)30(50)32(52)28(48)18-46/h3-16,25-32,45-52H,17-18H2,1-2H3,(H,37,41)(H,38,42)(H,39,53)(H,40,54)/t25-,26-,27+,28+,29-,30-,31+,32+/m0/s1. The number of amides is 2. The van der Waals surface area contributed by atoms with Crippen molar-refractivity contribution in [2.45, 2.75) is 48.7 Å². The number of anilines is 2. The highest BCUT2D eigenvalue weighted by atomic mass is 16.4. The number of aliphatic hydroxyl groups excluding tert-OH is 8. The van der Waals surface area contributed by atoms with Gasteiger partial charge < -0.3 is 71.7 Å². The zero-order chi connectivity index (χ0) is 39.9. The molecule has 290 valence electrons. The highest BCUT2D eigenvalue weighted by Gasteiger charge is 2.33. The zero-order valence-corrected chi connectivity index (χ0v) is 29.2. The summed E-state index contributed by atoms with van der Waals surface area (Å²) in [5, 5.41) is 88.5. The van der Waals surface area contributed by atoms with E-state index in [1.54, 1.807) is 48.5 Å². The van der Waals surface area contributed by atoms with E-state index in [9.17, 15) is 49.8 Å². The summed E-state index contributed by atoms with van der Waals surface area (Å²) in [6.45, 7) is -1.65. The first kappa shape index (κ1) is 43.0. The third kappa shape index (κ3) is 11.3. The lowest BCUT2D eigenvalue weighted by Gasteiger charge is -2.27. The Balaban J connectivity index is 1.59. The lowest BCUT2D eigenvalue weighted by molar-refractivity contribution is -0.120. The van der Waals surface area contributed by atoms with Gasteiger partial charge in [0.1, 0.15) is 73.0 Å². The summed E-state index contributed by atoms with van der Waals surface area (Å²) in [7, 11) is 2.85. The summed E-state index contributed by atoms with van der Waals surface area (Å²) < 4.78 is 0. The number of hydrogen-bond donors (Lipinski definition) is 12. The van der Waals surface area contributed by atoms with E-state index in [1.807, 2.05) is 0 Å². The minimum atomic E-state index is -1.80. The van der Waals surface area contributed by atoms with Crippen LogP contribution >= 0.6 is 0 Å². The first-order valence-corrected chi connectivity index (χ1v) is 16.4. The number of benzene rings is 3. The lowest BCUT2D eigenvalue weighted by Crippen LogP contribution is -2.53. The number of nitrogens with one attached hydrogen (secondary N) is 4. The summed E-state index contributed by atoms with van der Waals surface area (Å²) in [4.78, 5) is 57.1. The smallest absolute Gasteiger partial charge is 0.255 e. The lowest BCUT2D eigenvalue weighted by atomic mass is 10.0. The average Bonchev–Trinajstić information content (AvgIpc) is 3.20. The van der Waals surface area contributed by atoms with Crippen molar-refractivity contribution >= 4 is 47.4 Å². The summed E-state index contributed by atoms with van der Waals surface area (Å²) in [6, 6.07) is 15.7. The fourth-order valence-corrected chi connectivity index (χ4v) is 4.97. The van der Waals surface area contributed by atoms with Crippen LogP contribution in [0.5, 0.6) is 0 Å². The van der Waals surface area contributed by atoms with Crippen LogP contribution in [0.15, 0.2) is 82.8 Å². The monoisotopic (exact) mass is 752 g/mol. The van der Waals surface area contributed by atoms with Gasteiger partial charge in [-0.2, -0.15) is 0 Å². The third-order valence-corrected chi connectivity index (χ3v) is 8.19. The first-order chi connectivity index (χ1) is 25.8. The largest absolute Gasteiger partial charge is 0.394 e. The Morgan fingerprint density at radius 2 is 0.833 bits per heavy atom. The van der Waals surface area contributed by atoms with Crippen LogP contribution in [0.4, 0.5) is 11.4 Å². The Bertz CT molecular complexity index is 1630. The van der Waals surface area contributed by atoms with E-state index in [-0.39, 0.29) is 22.8 Å². The van der Waals surface area contributed by atoms with Gasteiger partial charge in [-0.05, 0) is 72.8 Å². The fourth-order valence-electron chi connectivity index (χ4n) is 4.97. The van der Waals surface area contributed by atoms with Crippen molar-refractivity contribution in [3.63, 3.8) is 0 Å². The van der Waals surface area contributed by atoms with Gasteiger partial charge in [0.2, 0.25) is 0 Å². The molecule has 0 fully saturated rings. The van der Waals surface area contributed by atoms with E-state index in [4.69, 9.17) is 10.2 Å². The van der Waals surface area contributed by atoms with Crippen LogP contribution in [0.3, 0.4) is 0 Å². The normalized spacial score (nSPS) is 16.4. The molecule has 0 spiro atoms. The van der Waals surface area contributed by atoms with Crippen molar-refractivity contribution in [2.75, 3.05) is 37.9 Å². The number of carbonyl (C=O) groups is 4. The van der Waals surface area contributed by atoms with Gasteiger partial charge in [-0.25, -0.2) is 0 Å². The van der Waals surface area contributed by atoms with Gasteiger partial charge in [-0.15, -0.1) is 0 Å². The molecular formula is C36H44N6O12. The molecule has 0 aliphatic rings. The number of rotatable bonds is 18. The molecule has 18 heteroatoms. The van der Waals surface area contributed by atoms with Crippen molar-refractivity contribution in [3.8, 4) is 0 Å². The number of aldehydes is 2. The second-order valence-corrected chi connectivity index (χ2v) is 11.9. The van der Waals surface area contributed by atoms with Crippen LogP contribution in [0.2, 0.25) is 0 Å². The van der Waals surface area contributed by atoms with Crippen LogP contribution < -0.4 is 21.3 Å². The van der Waals surface area contributed by atoms with E-state index in [0.29, 0.717) is 35.1 Å². The number of hydrogen-bond acceptors (Lipinski definition) is 14. The number of nitrogens with zero attached hydrogens (tertiary/aromatic N) is 2. The second kappa shape index (κ2) is 20.7. The van der Waals surface area contributed by atoms with E-state index >= 15 is 0 Å². The molecule has 0 saturated carbocycles. The van der Waals surface area contributed by atoms with Gasteiger partial charge in [0.15, 0.2) is 0 Å². The zero-order valence-electron chi connectivity index (χ0n) is 29.2. The average molecular weight is 753 g/mol. The summed E-state index contributed by atoms with van der Waals surface area (Å²) in [6.07, 6.45) is -9.80. The maximum absolute atomic E-state index is 12.9. The number of carbonyl (C=O) groups excluding carboxylic acids is 4. The van der Waals surface area contributed by atoms with Crippen LogP contribution in [0.1, 0.15) is 31.8 Å². The Morgan fingerprint density at radius 3 is 1.09 bits per heavy atom. The number of aliphatic imine (C=N–C) groups is 2. The van der Waals surface area contributed by atoms with Crippen molar-refractivity contribution in [2.24, 2.45) is 9.98 Å². The molecular weight excluding hydrogens is 708 g/mol. The predicted molar refractivity (Wildman–Crippen MR) is 196 cm³/mol. The number of amidine groups is 2. The maximum atomic E-state index is 12.9. The molecule has 0 unspecified atom stereocenters. The molecule has 8 atom stereocenters. The first-order valence-electron chi connectivity index (χ1n) is 16.4. The van der Waals surface area contributed by atoms with E-state index < -0.39 is 73.7 Å². The Hall–Kier alpha value is -5.44. The molecule has 18 nitrogen and oxygen atoms in total. The van der Waals surface area contributed by atoms with Gasteiger partial charge in [0.25, 0.3) is 11.8 Å². The van der Waals surface area contributed by atoms with E-state index in [0.717, 1.165) is 0 Å². The maximum Gasteiger partial charge on any atom is 0.255 e. The quantitative estimate of drug-likeness (QED) is 0.0361. The van der Waals surface area contributed by atoms with Crippen LogP contribution in [-0.2, 0) is 9.59 Å². The van der Waals surface area contributed by atoms with Crippen LogP contribution in [0, 0.1) is 0 Å². The fraction of sp³-hybridized carbons (Fsp3) is 0.333. The highest BCUT2D eigenvalue weighted by Crippen LogP contribution is 2.16. The Morgan fingerprint density at radius 1 is 0.537 bits per heavy atom. The van der Waals surface area contributed by atoms with Gasteiger partial charge in [-0.3, -0.25) is 19.6 Å². The molecule has 3 aromatic carbocycles. The molecule has 12 N–H and O–H groups in total. The molecule has 0 radical (unpaired) electrons. The topological polar surface area (TPSA) is 303 Å². The van der Waals surface area contributed by atoms with Gasteiger partial charge in [0, 0.05) is 47.7 Å². The molecule has 0 aliphatic carbocycles. The van der Waals surface area contributed by atoms with E-state index in [2.05, 4.69) is 31.3 Å². The van der Waals surface area contributed by atoms with Gasteiger partial charge in [-0.1, -0.05) is 0 Å². The molecule has 3 aromatic rings. The number of aliphatic hydroxyl groups is 8. The van der Waals surface area contributed by atoms with Crippen molar-refractivity contribution in [1.29, 1.82) is 0 Å². The third-order valence-electron chi connectivity index (χ3n) is 8.19. The van der Waals surface area contributed by atoms with Crippen molar-refractivity contribution in [1.82, 2.24) is 10.6 Å². The molecule has 3 rings (SSSR count). The Labute approximate surface area is 309 Å². The minimum absolute atomic E-state index is 0.162. The molecule has 54 heavy (non-hydrogen) atoms. The van der Waals surface area contributed by atoms with E-state index in [1.165, 1.54) is 38.4 Å². The second-order valence-electron chi connectivity index (χ2n) is 11.9. The van der Waals surface area contributed by atoms with Crippen LogP contribution in [-0.4, -0.2) is 153 Å². The summed E-state index contributed by atoms with van der Waals surface area (Å²) in [5.41, 5.74) is 2.23. The highest BCUT2D eigenvalue weighted by molar-refractivity contribution is 6.08. The Kier molecular flexibility index (Phi) is 16.5. The molecule has 0 heterocycles. The molecule has 0 saturated heterocycles. The SMILES string of the molecule is CN=C(N[C@@H](C=O)[C@H](O)[C@H](O)[C@H](O)CO)c1ccc(NC(=O)c2ccc(C(=O)Nc3ccc(C(=NC)N[C@@H](C=O)[C@H](O)[C@H](O)[C@H](O)CO)cc3)cc2)cc1. The molecule has 0 aromatic heterocycles. The summed E-state index contributed by atoms with van der Waals surface area (Å²) in [5.74, 6) is -0.623. The van der Waals surface area contributed by atoms with Gasteiger partial charge >= 0.3 is 0 Å². The van der Waals surface area contributed by atoms with Crippen molar-refractivity contribution < 1.29 is 60.0 Å².